The van der Waals surface area contributed by atoms with Gasteiger partial charge in [0.1, 0.15) is 29.4 Å². The fourth-order valence-electron chi connectivity index (χ4n) is 4.29. The van der Waals surface area contributed by atoms with E-state index in [1.807, 2.05) is 0 Å². The van der Waals surface area contributed by atoms with Gasteiger partial charge in [0.05, 0.1) is 12.7 Å². The largest absolute Gasteiger partial charge is 0.462 e. The van der Waals surface area contributed by atoms with Crippen LogP contribution in [0.1, 0.15) is 33.9 Å². The lowest BCUT2D eigenvalue weighted by atomic mass is 9.99. The summed E-state index contributed by atoms with van der Waals surface area (Å²) in [7, 11) is -4.33. The molecular formula is C26H30ClFN5O8P. The van der Waals surface area contributed by atoms with Crippen LogP contribution < -0.4 is 20.9 Å². The Labute approximate surface area is 245 Å². The highest BCUT2D eigenvalue weighted by Crippen LogP contribution is 2.49. The van der Waals surface area contributed by atoms with Crippen LogP contribution >= 0.6 is 19.3 Å². The van der Waals surface area contributed by atoms with E-state index in [2.05, 4.69) is 26.9 Å². The number of aromatic amines is 1. The average molecular weight is 626 g/mol. The van der Waals surface area contributed by atoms with Crippen molar-refractivity contribution in [1.82, 2.24) is 19.6 Å². The number of carbonyl (C=O) groups is 1. The lowest BCUT2D eigenvalue weighted by Crippen LogP contribution is -2.42. The number of fused-ring (bicyclic) bond motifs is 1. The summed E-state index contributed by atoms with van der Waals surface area (Å²) in [6.45, 7) is 5.62. The molecule has 42 heavy (non-hydrogen) atoms. The molecular weight excluding hydrogens is 596 g/mol. The SMILES string of the molecule is CC#CC1(Cl)[C@@H](O)[C@@H](COP(=O)(N[C@@H](C)C(=O)OC(C)C)Oc2ccccc2)O[C@H]1n1cc(F)c2c(=O)[nH]c(N)nc21. The number of aliphatic hydroxyl groups excluding tert-OH is 1. The molecule has 0 bridgehead atoms. The predicted octanol–water partition coefficient (Wildman–Crippen LogP) is 2.84. The number of para-hydroxylation sites is 1. The number of nitrogens with zero attached hydrogens (tertiary/aromatic N) is 2. The zero-order chi connectivity index (χ0) is 30.8. The molecule has 5 N–H and O–H groups in total. The summed E-state index contributed by atoms with van der Waals surface area (Å²) >= 11 is 6.79. The van der Waals surface area contributed by atoms with Gasteiger partial charge in [-0.05, 0) is 39.8 Å². The molecule has 0 spiro atoms. The highest BCUT2D eigenvalue weighted by atomic mass is 35.5. The fraction of sp³-hybridized carbons (Fsp3) is 0.423. The summed E-state index contributed by atoms with van der Waals surface area (Å²) in [5.74, 6) is 3.52. The van der Waals surface area contributed by atoms with Gasteiger partial charge in [-0.3, -0.25) is 23.7 Å². The van der Waals surface area contributed by atoms with Gasteiger partial charge in [-0.15, -0.1) is 5.92 Å². The number of nitrogens with one attached hydrogen (secondary N) is 2. The summed E-state index contributed by atoms with van der Waals surface area (Å²) in [5.41, 5.74) is 4.64. The van der Waals surface area contributed by atoms with E-state index in [4.69, 9.17) is 35.9 Å². The zero-order valence-corrected chi connectivity index (χ0v) is 24.7. The van der Waals surface area contributed by atoms with Crippen molar-refractivity contribution in [3.63, 3.8) is 0 Å². The Hall–Kier alpha value is -3.44. The number of H-pyrrole nitrogens is 1. The third-order valence-electron chi connectivity index (χ3n) is 6.10. The van der Waals surface area contributed by atoms with Crippen molar-refractivity contribution in [3.05, 3.63) is 52.7 Å². The van der Waals surface area contributed by atoms with Gasteiger partial charge in [0.2, 0.25) is 5.95 Å². The van der Waals surface area contributed by atoms with E-state index in [1.54, 1.807) is 32.0 Å². The van der Waals surface area contributed by atoms with E-state index in [0.717, 1.165) is 10.8 Å². The number of aromatic nitrogens is 3. The summed E-state index contributed by atoms with van der Waals surface area (Å²) in [6, 6.07) is 6.93. The molecule has 2 aromatic heterocycles. The number of aliphatic hydroxyl groups is 1. The van der Waals surface area contributed by atoms with Crippen LogP contribution in [0.25, 0.3) is 11.0 Å². The van der Waals surface area contributed by atoms with Crippen LogP contribution in [0.5, 0.6) is 5.75 Å². The quantitative estimate of drug-likeness (QED) is 0.113. The van der Waals surface area contributed by atoms with Crippen LogP contribution in [-0.2, 0) is 23.4 Å². The Morgan fingerprint density at radius 1 is 1.38 bits per heavy atom. The summed E-state index contributed by atoms with van der Waals surface area (Å²) < 4.78 is 52.2. The lowest BCUT2D eigenvalue weighted by molar-refractivity contribution is -0.149. The minimum absolute atomic E-state index is 0.162. The van der Waals surface area contributed by atoms with Crippen molar-refractivity contribution in [3.8, 4) is 17.6 Å². The number of halogens is 2. The van der Waals surface area contributed by atoms with E-state index in [-0.39, 0.29) is 17.3 Å². The van der Waals surface area contributed by atoms with Crippen LogP contribution in [-0.4, -0.2) is 61.4 Å². The maximum atomic E-state index is 14.8. The molecule has 1 fully saturated rings. The van der Waals surface area contributed by atoms with Crippen molar-refractivity contribution >= 4 is 42.3 Å². The molecule has 3 aromatic rings. The van der Waals surface area contributed by atoms with E-state index in [9.17, 15) is 23.7 Å². The minimum Gasteiger partial charge on any atom is -0.462 e. The Balaban J connectivity index is 1.64. The molecule has 1 aliphatic heterocycles. The second-order valence-electron chi connectivity index (χ2n) is 9.68. The molecule has 3 heterocycles. The predicted molar refractivity (Wildman–Crippen MR) is 151 cm³/mol. The van der Waals surface area contributed by atoms with Gasteiger partial charge in [0, 0.05) is 6.20 Å². The Morgan fingerprint density at radius 3 is 2.71 bits per heavy atom. The monoisotopic (exact) mass is 625 g/mol. The smallest absolute Gasteiger partial charge is 0.459 e. The second-order valence-corrected chi connectivity index (χ2v) is 12.0. The maximum Gasteiger partial charge on any atom is 0.459 e. The van der Waals surface area contributed by atoms with E-state index < -0.39 is 72.5 Å². The molecule has 1 aromatic carbocycles. The van der Waals surface area contributed by atoms with Crippen molar-refractivity contribution in [1.29, 1.82) is 0 Å². The first-order valence-corrected chi connectivity index (χ1v) is 14.7. The Kier molecular flexibility index (Phi) is 9.32. The number of rotatable bonds is 10. The summed E-state index contributed by atoms with van der Waals surface area (Å²) in [6.07, 6.45) is -3.81. The summed E-state index contributed by atoms with van der Waals surface area (Å²) in [4.78, 5) is 29.1. The van der Waals surface area contributed by atoms with E-state index in [0.29, 0.717) is 0 Å². The first-order valence-electron chi connectivity index (χ1n) is 12.8. The Morgan fingerprint density at radius 2 is 2.07 bits per heavy atom. The molecule has 4 rings (SSSR count). The number of nitrogen functional groups attached to an aromatic ring is 1. The standard InChI is InChI=1S/C26H30ClFN5O8P/c1-5-11-26(27)20(34)18(40-24(26)33-12-17(28)19-21(33)30-25(29)31-22(19)35)13-38-42(37,41-16-9-7-6-8-10-16)32-15(4)23(36)39-14(2)3/h6-10,12,14-15,18,20,24,34H,13H2,1-4H3,(H,32,37)(H3,29,30,31,35)/t15-,18+,20-,24+,26?,42?/m0/s1. The lowest BCUT2D eigenvalue weighted by Gasteiger charge is -2.26. The normalized spacial score (nSPS) is 24.1. The van der Waals surface area contributed by atoms with Crippen LogP contribution in [0.2, 0.25) is 0 Å². The minimum atomic E-state index is -4.33. The van der Waals surface area contributed by atoms with E-state index >= 15 is 0 Å². The highest BCUT2D eigenvalue weighted by Gasteiger charge is 2.56. The number of hydrogen-bond acceptors (Lipinski definition) is 10. The van der Waals surface area contributed by atoms with Crippen molar-refractivity contribution < 1.29 is 37.4 Å². The third kappa shape index (κ3) is 6.47. The molecule has 16 heteroatoms. The first-order chi connectivity index (χ1) is 19.8. The molecule has 0 radical (unpaired) electrons. The van der Waals surface area contributed by atoms with Gasteiger partial charge in [-0.25, -0.2) is 8.96 Å². The van der Waals surface area contributed by atoms with Gasteiger partial charge in [0.15, 0.2) is 22.6 Å². The first kappa shape index (κ1) is 31.5. The van der Waals surface area contributed by atoms with E-state index in [1.165, 1.54) is 26.0 Å². The van der Waals surface area contributed by atoms with Gasteiger partial charge < -0.3 is 24.8 Å². The Bertz CT molecular complexity index is 1620. The van der Waals surface area contributed by atoms with Crippen molar-refractivity contribution in [2.24, 2.45) is 0 Å². The number of anilines is 1. The molecule has 0 saturated carbocycles. The van der Waals surface area contributed by atoms with Crippen molar-refractivity contribution in [2.45, 2.75) is 63.2 Å². The molecule has 13 nitrogen and oxygen atoms in total. The number of nitrogens with two attached hydrogens (primary N) is 1. The van der Waals surface area contributed by atoms with Gasteiger partial charge >= 0.3 is 13.7 Å². The van der Waals surface area contributed by atoms with Gasteiger partial charge in [-0.1, -0.05) is 35.7 Å². The number of alkyl halides is 1. The summed E-state index contributed by atoms with van der Waals surface area (Å²) in [5, 5.41) is 13.4. The number of benzene rings is 1. The number of carbonyl (C=O) groups excluding carboxylic acids is 1. The molecule has 226 valence electrons. The molecule has 0 aliphatic carbocycles. The molecule has 1 aliphatic rings. The fourth-order valence-corrected chi connectivity index (χ4v) is 6.19. The molecule has 6 atom stereocenters. The van der Waals surface area contributed by atoms with Crippen LogP contribution in [0, 0.1) is 17.7 Å². The zero-order valence-electron chi connectivity index (χ0n) is 23.0. The third-order valence-corrected chi connectivity index (χ3v) is 8.25. The molecule has 0 amide bonds. The molecule has 2 unspecified atom stereocenters. The number of ether oxygens (including phenoxy) is 2. The number of esters is 1. The number of hydrogen-bond donors (Lipinski definition) is 4. The topological polar surface area (TPSA) is 180 Å². The van der Waals surface area contributed by atoms with Gasteiger partial charge in [0.25, 0.3) is 5.56 Å². The average Bonchev–Trinajstić information content (AvgIpc) is 3.36. The molecule has 1 saturated heterocycles. The van der Waals surface area contributed by atoms with Crippen LogP contribution in [0.3, 0.4) is 0 Å². The van der Waals surface area contributed by atoms with Crippen molar-refractivity contribution in [2.75, 3.05) is 12.3 Å². The second kappa shape index (κ2) is 12.4. The van der Waals surface area contributed by atoms with Gasteiger partial charge in [-0.2, -0.15) is 10.1 Å². The van der Waals surface area contributed by atoms with Crippen LogP contribution in [0.4, 0.5) is 10.3 Å². The van der Waals surface area contributed by atoms with Crippen LogP contribution in [0.15, 0.2) is 41.3 Å². The highest BCUT2D eigenvalue weighted by molar-refractivity contribution is 7.52. The maximum absolute atomic E-state index is 14.8.